The summed E-state index contributed by atoms with van der Waals surface area (Å²) >= 11 is 0. The molecule has 0 spiro atoms. The highest BCUT2D eigenvalue weighted by Gasteiger charge is 2.19. The molecule has 0 aliphatic rings. The van der Waals surface area contributed by atoms with E-state index in [1.165, 1.54) is 18.2 Å². The third kappa shape index (κ3) is 2.79. The van der Waals surface area contributed by atoms with Crippen molar-refractivity contribution in [1.82, 2.24) is 15.2 Å². The van der Waals surface area contributed by atoms with Crippen LogP contribution in [0.4, 0.5) is 11.4 Å². The number of para-hydroxylation sites is 2. The molecule has 2 N–H and O–H groups in total. The van der Waals surface area contributed by atoms with E-state index in [1.807, 2.05) is 13.8 Å². The third-order valence-corrected chi connectivity index (χ3v) is 2.60. The van der Waals surface area contributed by atoms with E-state index in [4.69, 9.17) is 0 Å². The molecule has 0 aliphatic heterocycles. The van der Waals surface area contributed by atoms with E-state index in [9.17, 15) is 14.9 Å². The number of aromatic nitrogens is 3. The zero-order valence-corrected chi connectivity index (χ0v) is 11.0. The molecule has 0 saturated heterocycles. The molecule has 1 aromatic heterocycles. The van der Waals surface area contributed by atoms with E-state index < -0.39 is 10.8 Å². The zero-order valence-electron chi connectivity index (χ0n) is 11.0. The molecule has 1 amide bonds. The van der Waals surface area contributed by atoms with Gasteiger partial charge in [-0.15, -0.1) is 5.10 Å². The number of nitro benzene ring substituents is 1. The Morgan fingerprint density at radius 1 is 1.40 bits per heavy atom. The Hall–Kier alpha value is -2.77. The van der Waals surface area contributed by atoms with Gasteiger partial charge in [0.15, 0.2) is 0 Å². The van der Waals surface area contributed by atoms with Crippen molar-refractivity contribution in [3.05, 3.63) is 46.0 Å². The number of nitrogens with one attached hydrogen (secondary N) is 2. The Morgan fingerprint density at radius 3 is 2.70 bits per heavy atom. The van der Waals surface area contributed by atoms with Gasteiger partial charge in [0.1, 0.15) is 11.5 Å². The van der Waals surface area contributed by atoms with Gasteiger partial charge in [-0.2, -0.15) is 0 Å². The van der Waals surface area contributed by atoms with Crippen LogP contribution in [0.3, 0.4) is 0 Å². The van der Waals surface area contributed by atoms with Gasteiger partial charge < -0.3 is 5.32 Å². The molecule has 0 saturated carbocycles. The Labute approximate surface area is 114 Å². The Morgan fingerprint density at radius 2 is 2.10 bits per heavy atom. The van der Waals surface area contributed by atoms with Crippen LogP contribution in [0.2, 0.25) is 0 Å². The van der Waals surface area contributed by atoms with E-state index in [2.05, 4.69) is 20.5 Å². The predicted octanol–water partition coefficient (Wildman–Crippen LogP) is 2.09. The quantitative estimate of drug-likeness (QED) is 0.655. The molecule has 20 heavy (non-hydrogen) atoms. The van der Waals surface area contributed by atoms with Crippen LogP contribution in [0.5, 0.6) is 0 Å². The molecule has 1 aromatic carbocycles. The molecular weight excluding hydrogens is 262 g/mol. The van der Waals surface area contributed by atoms with Crippen LogP contribution < -0.4 is 5.32 Å². The van der Waals surface area contributed by atoms with Crippen LogP contribution in [0, 0.1) is 10.1 Å². The molecule has 2 aromatic rings. The van der Waals surface area contributed by atoms with E-state index in [-0.39, 0.29) is 23.1 Å². The maximum atomic E-state index is 11.9. The number of carbonyl (C=O) groups excluding carboxylic acids is 1. The second-order valence-electron chi connectivity index (χ2n) is 4.43. The summed E-state index contributed by atoms with van der Waals surface area (Å²) in [6.07, 6.45) is 0. The summed E-state index contributed by atoms with van der Waals surface area (Å²) in [4.78, 5) is 26.3. The van der Waals surface area contributed by atoms with E-state index in [0.717, 1.165) is 0 Å². The van der Waals surface area contributed by atoms with Crippen molar-refractivity contribution in [2.75, 3.05) is 5.32 Å². The van der Waals surface area contributed by atoms with Crippen molar-refractivity contribution in [2.45, 2.75) is 19.8 Å². The number of hydrogen-bond donors (Lipinski definition) is 2. The lowest BCUT2D eigenvalue weighted by atomic mass is 10.2. The van der Waals surface area contributed by atoms with Crippen molar-refractivity contribution < 1.29 is 9.72 Å². The Kier molecular flexibility index (Phi) is 3.74. The van der Waals surface area contributed by atoms with Gasteiger partial charge in [-0.25, -0.2) is 4.98 Å². The second-order valence-corrected chi connectivity index (χ2v) is 4.43. The van der Waals surface area contributed by atoms with Gasteiger partial charge in [0, 0.05) is 12.0 Å². The average molecular weight is 275 g/mol. The molecule has 104 valence electrons. The number of amides is 1. The van der Waals surface area contributed by atoms with E-state index in [1.54, 1.807) is 6.07 Å². The number of nitrogens with zero attached hydrogens (tertiary/aromatic N) is 3. The minimum atomic E-state index is -0.595. The standard InChI is InChI=1S/C12H13N5O3/c1-7(2)10-14-11(16-15-10)12(18)13-8-5-3-4-6-9(8)17(19)20/h3-7H,1-2H3,(H,13,18)(H,14,15,16). The molecule has 8 nitrogen and oxygen atoms in total. The highest BCUT2D eigenvalue weighted by atomic mass is 16.6. The monoisotopic (exact) mass is 275 g/mol. The number of aromatic amines is 1. The van der Waals surface area contributed by atoms with Gasteiger partial charge in [0.05, 0.1) is 4.92 Å². The average Bonchev–Trinajstić information content (AvgIpc) is 2.89. The summed E-state index contributed by atoms with van der Waals surface area (Å²) in [6.45, 7) is 3.81. The highest BCUT2D eigenvalue weighted by Crippen LogP contribution is 2.23. The zero-order chi connectivity index (χ0) is 14.7. The van der Waals surface area contributed by atoms with Crippen molar-refractivity contribution in [1.29, 1.82) is 0 Å². The van der Waals surface area contributed by atoms with Gasteiger partial charge >= 0.3 is 0 Å². The summed E-state index contributed by atoms with van der Waals surface area (Å²) in [7, 11) is 0. The maximum Gasteiger partial charge on any atom is 0.295 e. The Bertz CT molecular complexity index is 650. The first-order valence-electron chi connectivity index (χ1n) is 5.96. The summed E-state index contributed by atoms with van der Waals surface area (Å²) in [5.41, 5.74) is -0.0705. The molecule has 0 radical (unpaired) electrons. The minimum Gasteiger partial charge on any atom is -0.313 e. The minimum absolute atomic E-state index is 0.0492. The Balaban J connectivity index is 2.21. The lowest BCUT2D eigenvalue weighted by Crippen LogP contribution is -2.15. The number of hydrogen-bond acceptors (Lipinski definition) is 5. The number of H-pyrrole nitrogens is 1. The summed E-state index contributed by atoms with van der Waals surface area (Å²) in [6, 6.07) is 5.89. The molecule has 0 unspecified atom stereocenters. The lowest BCUT2D eigenvalue weighted by Gasteiger charge is -2.03. The summed E-state index contributed by atoms with van der Waals surface area (Å²) in [5.74, 6) is 0.0436. The molecule has 0 bridgehead atoms. The van der Waals surface area contributed by atoms with Crippen molar-refractivity contribution in [3.8, 4) is 0 Å². The normalized spacial score (nSPS) is 10.6. The van der Waals surface area contributed by atoms with Gasteiger partial charge in [-0.1, -0.05) is 26.0 Å². The largest absolute Gasteiger partial charge is 0.313 e. The summed E-state index contributed by atoms with van der Waals surface area (Å²) < 4.78 is 0. The van der Waals surface area contributed by atoms with Crippen LogP contribution in [0.15, 0.2) is 24.3 Å². The molecule has 2 rings (SSSR count). The molecule has 8 heteroatoms. The highest BCUT2D eigenvalue weighted by molar-refractivity contribution is 6.02. The first kappa shape index (κ1) is 13.7. The van der Waals surface area contributed by atoms with Gasteiger partial charge in [-0.3, -0.25) is 20.0 Å². The first-order valence-corrected chi connectivity index (χ1v) is 5.96. The van der Waals surface area contributed by atoms with Crippen LogP contribution >= 0.6 is 0 Å². The lowest BCUT2D eigenvalue weighted by molar-refractivity contribution is -0.383. The van der Waals surface area contributed by atoms with Gasteiger partial charge in [-0.05, 0) is 6.07 Å². The third-order valence-electron chi connectivity index (χ3n) is 2.60. The van der Waals surface area contributed by atoms with Crippen LogP contribution in [0.1, 0.15) is 36.2 Å². The number of benzene rings is 1. The topological polar surface area (TPSA) is 114 Å². The second kappa shape index (κ2) is 5.47. The molecule has 1 heterocycles. The summed E-state index contributed by atoms with van der Waals surface area (Å²) in [5, 5.41) is 19.7. The van der Waals surface area contributed by atoms with Crippen LogP contribution in [-0.2, 0) is 0 Å². The molecule has 0 fully saturated rings. The van der Waals surface area contributed by atoms with Gasteiger partial charge in [0.25, 0.3) is 11.6 Å². The number of rotatable bonds is 4. The number of carbonyl (C=O) groups is 1. The van der Waals surface area contributed by atoms with Crippen molar-refractivity contribution >= 4 is 17.3 Å². The number of anilines is 1. The van der Waals surface area contributed by atoms with E-state index >= 15 is 0 Å². The fourth-order valence-electron chi connectivity index (χ4n) is 1.55. The molecular formula is C12H13N5O3. The number of nitro groups is 1. The molecule has 0 atom stereocenters. The van der Waals surface area contributed by atoms with Crippen molar-refractivity contribution in [2.24, 2.45) is 0 Å². The SMILES string of the molecule is CC(C)c1nc(C(=O)Nc2ccccc2[N+](=O)[O-])n[nH]1. The van der Waals surface area contributed by atoms with Crippen molar-refractivity contribution in [3.63, 3.8) is 0 Å². The smallest absolute Gasteiger partial charge is 0.295 e. The molecule has 0 aliphatic carbocycles. The first-order chi connectivity index (χ1) is 9.49. The maximum absolute atomic E-state index is 11.9. The fraction of sp³-hybridized carbons (Fsp3) is 0.250. The fourth-order valence-corrected chi connectivity index (χ4v) is 1.55. The predicted molar refractivity (Wildman–Crippen MR) is 71.5 cm³/mol. The van der Waals surface area contributed by atoms with Crippen LogP contribution in [0.25, 0.3) is 0 Å². The van der Waals surface area contributed by atoms with E-state index in [0.29, 0.717) is 5.82 Å². The van der Waals surface area contributed by atoms with Crippen LogP contribution in [-0.4, -0.2) is 26.0 Å². The van der Waals surface area contributed by atoms with Gasteiger partial charge in [0.2, 0.25) is 5.82 Å².